The molecule has 0 saturated carbocycles. The van der Waals surface area contributed by atoms with Crippen LogP contribution in [-0.2, 0) is 9.53 Å². The van der Waals surface area contributed by atoms with Gasteiger partial charge in [-0.25, -0.2) is 9.59 Å². The fourth-order valence-corrected chi connectivity index (χ4v) is 2.23. The van der Waals surface area contributed by atoms with Crippen molar-refractivity contribution in [2.75, 3.05) is 6.61 Å². The van der Waals surface area contributed by atoms with Gasteiger partial charge in [0.1, 0.15) is 11.8 Å². The molecule has 6 nitrogen and oxygen atoms in total. The summed E-state index contributed by atoms with van der Waals surface area (Å²) in [6, 6.07) is 2.45. The van der Waals surface area contributed by atoms with Crippen LogP contribution >= 0.6 is 0 Å². The third-order valence-electron chi connectivity index (χ3n) is 3.30. The van der Waals surface area contributed by atoms with Crippen LogP contribution in [0, 0.1) is 0 Å². The number of hydrogen-bond acceptors (Lipinski definition) is 4. The van der Waals surface area contributed by atoms with Gasteiger partial charge in [0.25, 0.3) is 0 Å². The van der Waals surface area contributed by atoms with Crippen molar-refractivity contribution in [1.29, 1.82) is 0 Å². The Bertz CT molecular complexity index is 534. The molecule has 0 radical (unpaired) electrons. The van der Waals surface area contributed by atoms with Crippen molar-refractivity contribution in [3.63, 3.8) is 0 Å². The molecule has 0 fully saturated rings. The van der Waals surface area contributed by atoms with E-state index in [4.69, 9.17) is 9.15 Å². The molecule has 0 saturated heterocycles. The molecule has 0 unspecified atom stereocenters. The molecule has 0 bridgehead atoms. The van der Waals surface area contributed by atoms with E-state index in [0.717, 1.165) is 19.3 Å². The summed E-state index contributed by atoms with van der Waals surface area (Å²) in [5.74, 6) is 0.0715. The summed E-state index contributed by atoms with van der Waals surface area (Å²) in [5, 5.41) is 5.27. The second kappa shape index (κ2) is 6.97. The molecule has 1 aromatic heterocycles. The number of ether oxygens (including phenoxy) is 1. The van der Waals surface area contributed by atoms with Gasteiger partial charge in [-0.2, -0.15) is 0 Å². The molecule has 1 aliphatic heterocycles. The topological polar surface area (TPSA) is 80.6 Å². The summed E-state index contributed by atoms with van der Waals surface area (Å²) in [5.41, 5.74) is 0.863. The molecular formula is C15H20N2O4. The number of nitrogens with one attached hydrogen (secondary N) is 2. The van der Waals surface area contributed by atoms with E-state index in [1.165, 1.54) is 6.26 Å². The van der Waals surface area contributed by atoms with E-state index < -0.39 is 12.0 Å². The van der Waals surface area contributed by atoms with Crippen molar-refractivity contribution in [2.45, 2.75) is 39.2 Å². The molecule has 6 heteroatoms. The van der Waals surface area contributed by atoms with Crippen molar-refractivity contribution in [2.24, 2.45) is 0 Å². The minimum atomic E-state index is -0.618. The van der Waals surface area contributed by atoms with E-state index >= 15 is 0 Å². The summed E-state index contributed by atoms with van der Waals surface area (Å²) in [6.45, 7) is 4.14. The zero-order chi connectivity index (χ0) is 15.2. The number of rotatable bonds is 6. The Hall–Kier alpha value is -2.24. The van der Waals surface area contributed by atoms with Crippen LogP contribution in [0.15, 0.2) is 34.1 Å². The summed E-state index contributed by atoms with van der Waals surface area (Å²) in [6.07, 6.45) is 4.41. The first-order valence-corrected chi connectivity index (χ1v) is 7.12. The lowest BCUT2D eigenvalue weighted by atomic mass is 10.0. The van der Waals surface area contributed by atoms with E-state index in [2.05, 4.69) is 17.6 Å². The first-order valence-electron chi connectivity index (χ1n) is 7.12. The van der Waals surface area contributed by atoms with E-state index in [0.29, 0.717) is 23.6 Å². The van der Waals surface area contributed by atoms with E-state index in [9.17, 15) is 9.59 Å². The molecule has 21 heavy (non-hydrogen) atoms. The van der Waals surface area contributed by atoms with Gasteiger partial charge >= 0.3 is 12.0 Å². The molecule has 0 aliphatic carbocycles. The Balaban J connectivity index is 2.14. The van der Waals surface area contributed by atoms with Crippen LogP contribution in [0.1, 0.15) is 44.9 Å². The quantitative estimate of drug-likeness (QED) is 0.624. The maximum absolute atomic E-state index is 12.3. The predicted molar refractivity (Wildman–Crippen MR) is 76.3 cm³/mol. The highest BCUT2D eigenvalue weighted by Gasteiger charge is 2.33. The smallest absolute Gasteiger partial charge is 0.338 e. The van der Waals surface area contributed by atoms with Gasteiger partial charge in [0.2, 0.25) is 0 Å². The molecule has 0 spiro atoms. The maximum atomic E-state index is 12.3. The van der Waals surface area contributed by atoms with Gasteiger partial charge in [-0.1, -0.05) is 19.8 Å². The van der Waals surface area contributed by atoms with Crippen LogP contribution in [0.25, 0.3) is 0 Å². The lowest BCUT2D eigenvalue weighted by Gasteiger charge is -2.26. The third-order valence-corrected chi connectivity index (χ3v) is 3.30. The van der Waals surface area contributed by atoms with Crippen molar-refractivity contribution in [3.05, 3.63) is 35.4 Å². The molecule has 0 aromatic carbocycles. The minimum Gasteiger partial charge on any atom is -0.467 e. The highest BCUT2D eigenvalue weighted by molar-refractivity contribution is 5.94. The van der Waals surface area contributed by atoms with E-state index in [1.807, 2.05) is 0 Å². The Morgan fingerprint density at radius 1 is 1.43 bits per heavy atom. The van der Waals surface area contributed by atoms with Gasteiger partial charge in [0.05, 0.1) is 18.4 Å². The lowest BCUT2D eigenvalue weighted by molar-refractivity contribution is -0.139. The van der Waals surface area contributed by atoms with Gasteiger partial charge in [-0.3, -0.25) is 0 Å². The molecule has 2 rings (SSSR count). The van der Waals surface area contributed by atoms with Crippen LogP contribution in [0.4, 0.5) is 4.79 Å². The van der Waals surface area contributed by atoms with Crippen LogP contribution in [0.5, 0.6) is 0 Å². The molecule has 2 N–H and O–H groups in total. The second-order valence-corrected chi connectivity index (χ2v) is 4.93. The summed E-state index contributed by atoms with van der Waals surface area (Å²) in [7, 11) is 0. The number of carbonyl (C=O) groups is 2. The summed E-state index contributed by atoms with van der Waals surface area (Å²) < 4.78 is 10.6. The van der Waals surface area contributed by atoms with Crippen molar-refractivity contribution in [3.8, 4) is 0 Å². The normalized spacial score (nSPS) is 18.2. The number of unbranched alkanes of at least 4 members (excludes halogenated alkanes) is 2. The minimum absolute atomic E-state index is 0.364. The highest BCUT2D eigenvalue weighted by Crippen LogP contribution is 2.27. The fourth-order valence-electron chi connectivity index (χ4n) is 2.23. The molecule has 2 amide bonds. The second-order valence-electron chi connectivity index (χ2n) is 4.93. The van der Waals surface area contributed by atoms with Crippen LogP contribution in [0.3, 0.4) is 0 Å². The summed E-state index contributed by atoms with van der Waals surface area (Å²) >= 11 is 0. The third kappa shape index (κ3) is 3.65. The van der Waals surface area contributed by atoms with Crippen molar-refractivity contribution < 1.29 is 18.7 Å². The molecule has 114 valence electrons. The average molecular weight is 292 g/mol. The average Bonchev–Trinajstić information content (AvgIpc) is 2.96. The zero-order valence-corrected chi connectivity index (χ0v) is 12.3. The molecule has 1 aliphatic rings. The molecule has 2 heterocycles. The molecular weight excluding hydrogens is 272 g/mol. The Labute approximate surface area is 123 Å². The largest absolute Gasteiger partial charge is 0.467 e. The first-order chi connectivity index (χ1) is 10.1. The van der Waals surface area contributed by atoms with Crippen LogP contribution in [-0.4, -0.2) is 18.6 Å². The lowest BCUT2D eigenvalue weighted by Crippen LogP contribution is -2.45. The Kier molecular flexibility index (Phi) is 5.03. The van der Waals surface area contributed by atoms with Crippen LogP contribution in [0.2, 0.25) is 0 Å². The highest BCUT2D eigenvalue weighted by atomic mass is 16.5. The SMILES string of the molecule is CCCCCOC(=O)C1=C(C)NC(=O)N[C@@H]1c1ccco1. The summed E-state index contributed by atoms with van der Waals surface area (Å²) in [4.78, 5) is 23.9. The predicted octanol–water partition coefficient (Wildman–Crippen LogP) is 2.64. The Morgan fingerprint density at radius 2 is 2.24 bits per heavy atom. The number of amides is 2. The molecule has 1 atom stereocenters. The number of allylic oxidation sites excluding steroid dienone is 1. The Morgan fingerprint density at radius 3 is 2.90 bits per heavy atom. The van der Waals surface area contributed by atoms with E-state index in [-0.39, 0.29) is 6.03 Å². The molecule has 1 aromatic rings. The fraction of sp³-hybridized carbons (Fsp3) is 0.467. The number of furan rings is 1. The van der Waals surface area contributed by atoms with Gasteiger partial charge in [-0.15, -0.1) is 0 Å². The standard InChI is InChI=1S/C15H20N2O4/c1-3-4-5-8-21-14(18)12-10(2)16-15(19)17-13(12)11-7-6-9-20-11/h6-7,9,13H,3-5,8H2,1-2H3,(H2,16,17,19)/t13-/m1/s1. The van der Waals surface area contributed by atoms with Gasteiger partial charge < -0.3 is 19.8 Å². The van der Waals surface area contributed by atoms with Crippen LogP contribution < -0.4 is 10.6 Å². The van der Waals surface area contributed by atoms with E-state index in [1.54, 1.807) is 19.1 Å². The number of urea groups is 1. The zero-order valence-electron chi connectivity index (χ0n) is 12.3. The number of carbonyl (C=O) groups excluding carboxylic acids is 2. The van der Waals surface area contributed by atoms with Gasteiger partial charge in [0, 0.05) is 5.70 Å². The van der Waals surface area contributed by atoms with Gasteiger partial charge in [-0.05, 0) is 25.5 Å². The van der Waals surface area contributed by atoms with Crippen molar-refractivity contribution in [1.82, 2.24) is 10.6 Å². The van der Waals surface area contributed by atoms with Crippen molar-refractivity contribution >= 4 is 12.0 Å². The maximum Gasteiger partial charge on any atom is 0.338 e. The monoisotopic (exact) mass is 292 g/mol. The number of esters is 1. The first kappa shape index (κ1) is 15.2. The van der Waals surface area contributed by atoms with Gasteiger partial charge in [0.15, 0.2) is 0 Å². The number of hydrogen-bond donors (Lipinski definition) is 2.